The molecule has 1 aromatic carbocycles. The smallest absolute Gasteiger partial charge is 0.309 e. The predicted molar refractivity (Wildman–Crippen MR) is 91.1 cm³/mol. The summed E-state index contributed by atoms with van der Waals surface area (Å²) in [5.74, 6) is -0.341. The lowest BCUT2D eigenvalue weighted by molar-refractivity contribution is -0.149. The van der Waals surface area contributed by atoms with Crippen LogP contribution in [0.4, 0.5) is 5.69 Å². The number of nitrogens with two attached hydrogens (primary N) is 1. The highest BCUT2D eigenvalue weighted by molar-refractivity contribution is 9.10. The first-order valence-electron chi connectivity index (χ1n) is 7.04. The number of halogens is 2. The summed E-state index contributed by atoms with van der Waals surface area (Å²) in [6, 6.07) is 5.24. The molecule has 0 atom stereocenters. The van der Waals surface area contributed by atoms with Crippen molar-refractivity contribution in [3.05, 3.63) is 28.2 Å². The van der Waals surface area contributed by atoms with Gasteiger partial charge in [-0.05, 0) is 38.0 Å². The van der Waals surface area contributed by atoms with Crippen molar-refractivity contribution < 1.29 is 14.3 Å². The van der Waals surface area contributed by atoms with E-state index < -0.39 is 0 Å². The zero-order valence-corrected chi connectivity index (χ0v) is 14.8. The number of ether oxygens (including phenoxy) is 1. The number of carbonyl (C=O) groups is 2. The van der Waals surface area contributed by atoms with Gasteiger partial charge in [-0.25, -0.2) is 0 Å². The first-order valence-corrected chi connectivity index (χ1v) is 7.83. The Morgan fingerprint density at radius 2 is 2.00 bits per heavy atom. The lowest BCUT2D eigenvalue weighted by Gasteiger charge is -2.31. The molecule has 0 saturated carbocycles. The molecule has 2 N–H and O–H groups in total. The summed E-state index contributed by atoms with van der Waals surface area (Å²) in [5, 5.41) is 0. The van der Waals surface area contributed by atoms with Crippen LogP contribution < -0.4 is 5.73 Å². The zero-order valence-electron chi connectivity index (χ0n) is 12.4. The minimum absolute atomic E-state index is 0. The molecular weight excluding hydrogens is 372 g/mol. The Morgan fingerprint density at radius 1 is 1.36 bits per heavy atom. The Kier molecular flexibility index (Phi) is 7.16. The summed E-state index contributed by atoms with van der Waals surface area (Å²) in [6.07, 6.45) is 1.28. The van der Waals surface area contributed by atoms with Gasteiger partial charge in [0.15, 0.2) is 0 Å². The quantitative estimate of drug-likeness (QED) is 0.635. The van der Waals surface area contributed by atoms with E-state index in [1.807, 2.05) is 0 Å². The van der Waals surface area contributed by atoms with Crippen molar-refractivity contribution in [3.8, 4) is 0 Å². The molecule has 1 aromatic rings. The minimum atomic E-state index is -0.159. The molecule has 22 heavy (non-hydrogen) atoms. The van der Waals surface area contributed by atoms with Crippen LogP contribution in [0.2, 0.25) is 0 Å². The van der Waals surface area contributed by atoms with E-state index in [-0.39, 0.29) is 30.2 Å². The van der Waals surface area contributed by atoms with E-state index in [0.717, 1.165) is 4.47 Å². The first kappa shape index (κ1) is 18.8. The number of likely N-dealkylation sites (tertiary alicyclic amines) is 1. The number of anilines is 1. The second-order valence-electron chi connectivity index (χ2n) is 5.05. The van der Waals surface area contributed by atoms with Gasteiger partial charge in [0.1, 0.15) is 0 Å². The van der Waals surface area contributed by atoms with Gasteiger partial charge in [-0.15, -0.1) is 12.4 Å². The average molecular weight is 392 g/mol. The molecule has 1 aliphatic rings. The van der Waals surface area contributed by atoms with Crippen LogP contribution in [0, 0.1) is 5.92 Å². The predicted octanol–water partition coefficient (Wildman–Crippen LogP) is 2.87. The number of amides is 1. The van der Waals surface area contributed by atoms with E-state index in [4.69, 9.17) is 10.5 Å². The van der Waals surface area contributed by atoms with Crippen molar-refractivity contribution in [2.24, 2.45) is 5.92 Å². The molecule has 1 heterocycles. The van der Waals surface area contributed by atoms with Gasteiger partial charge in [-0.1, -0.05) is 15.9 Å². The van der Waals surface area contributed by atoms with Gasteiger partial charge in [0, 0.05) is 23.2 Å². The molecule has 0 aliphatic carbocycles. The number of nitrogen functional groups attached to an aromatic ring is 1. The van der Waals surface area contributed by atoms with Gasteiger partial charge < -0.3 is 15.4 Å². The van der Waals surface area contributed by atoms with Crippen LogP contribution in [-0.2, 0) is 9.53 Å². The molecule has 1 fully saturated rings. The lowest BCUT2D eigenvalue weighted by Crippen LogP contribution is -2.40. The molecule has 1 saturated heterocycles. The fourth-order valence-corrected chi connectivity index (χ4v) is 2.86. The highest BCUT2D eigenvalue weighted by Gasteiger charge is 2.29. The van der Waals surface area contributed by atoms with Crippen LogP contribution in [-0.4, -0.2) is 36.5 Å². The van der Waals surface area contributed by atoms with Crippen LogP contribution in [0.5, 0.6) is 0 Å². The number of hydrogen-bond donors (Lipinski definition) is 1. The molecular formula is C15H20BrClN2O3. The van der Waals surface area contributed by atoms with Gasteiger partial charge >= 0.3 is 5.97 Å². The van der Waals surface area contributed by atoms with E-state index in [0.29, 0.717) is 43.8 Å². The molecule has 0 bridgehead atoms. The van der Waals surface area contributed by atoms with Crippen LogP contribution in [0.1, 0.15) is 30.1 Å². The fourth-order valence-electron chi connectivity index (χ4n) is 2.48. The van der Waals surface area contributed by atoms with Crippen LogP contribution in [0.3, 0.4) is 0 Å². The fraction of sp³-hybridized carbons (Fsp3) is 0.467. The Balaban J connectivity index is 0.00000242. The van der Waals surface area contributed by atoms with Crippen LogP contribution in [0.25, 0.3) is 0 Å². The number of esters is 1. The highest BCUT2D eigenvalue weighted by Crippen LogP contribution is 2.24. The van der Waals surface area contributed by atoms with E-state index in [1.54, 1.807) is 30.0 Å². The van der Waals surface area contributed by atoms with Gasteiger partial charge in [0.2, 0.25) is 0 Å². The number of hydrogen-bond acceptors (Lipinski definition) is 4. The Bertz CT molecular complexity index is 546. The number of rotatable bonds is 3. The Morgan fingerprint density at radius 3 is 2.55 bits per heavy atom. The van der Waals surface area contributed by atoms with Gasteiger partial charge in [-0.2, -0.15) is 0 Å². The Labute approximate surface area is 144 Å². The molecule has 0 unspecified atom stereocenters. The maximum absolute atomic E-state index is 12.4. The summed E-state index contributed by atoms with van der Waals surface area (Å²) >= 11 is 3.32. The molecule has 0 aromatic heterocycles. The molecule has 0 radical (unpaired) electrons. The van der Waals surface area contributed by atoms with Crippen molar-refractivity contribution in [1.29, 1.82) is 0 Å². The summed E-state index contributed by atoms with van der Waals surface area (Å²) < 4.78 is 5.87. The summed E-state index contributed by atoms with van der Waals surface area (Å²) in [4.78, 5) is 25.9. The van der Waals surface area contributed by atoms with Crippen LogP contribution >= 0.6 is 28.3 Å². The summed E-state index contributed by atoms with van der Waals surface area (Å²) in [6.45, 7) is 3.30. The highest BCUT2D eigenvalue weighted by atomic mass is 79.9. The SMILES string of the molecule is CCOC(=O)C1CCN(C(=O)c2ccc(Br)cc2N)CC1.Cl. The van der Waals surface area contributed by atoms with Gasteiger partial charge in [0.05, 0.1) is 18.1 Å². The molecule has 2 rings (SSSR count). The zero-order chi connectivity index (χ0) is 15.4. The third-order valence-electron chi connectivity index (χ3n) is 3.65. The monoisotopic (exact) mass is 390 g/mol. The van der Waals surface area contributed by atoms with E-state index in [9.17, 15) is 9.59 Å². The van der Waals surface area contributed by atoms with Crippen molar-refractivity contribution in [3.63, 3.8) is 0 Å². The van der Waals surface area contributed by atoms with Gasteiger partial charge in [-0.3, -0.25) is 9.59 Å². The third kappa shape index (κ3) is 4.36. The van der Waals surface area contributed by atoms with Crippen LogP contribution in [0.15, 0.2) is 22.7 Å². The Hall–Kier alpha value is -1.27. The van der Waals surface area contributed by atoms with E-state index in [1.165, 1.54) is 0 Å². The van der Waals surface area contributed by atoms with Gasteiger partial charge in [0.25, 0.3) is 5.91 Å². The number of nitrogens with zero attached hydrogens (tertiary/aromatic N) is 1. The van der Waals surface area contributed by atoms with E-state index >= 15 is 0 Å². The van der Waals surface area contributed by atoms with Crippen molar-refractivity contribution in [1.82, 2.24) is 4.90 Å². The number of benzene rings is 1. The molecule has 1 amide bonds. The molecule has 7 heteroatoms. The maximum atomic E-state index is 12.4. The summed E-state index contributed by atoms with van der Waals surface area (Å²) in [5.41, 5.74) is 6.86. The molecule has 122 valence electrons. The molecule has 5 nitrogen and oxygen atoms in total. The maximum Gasteiger partial charge on any atom is 0.309 e. The molecule has 0 spiro atoms. The average Bonchev–Trinajstić information content (AvgIpc) is 2.47. The normalized spacial score (nSPS) is 15.1. The van der Waals surface area contributed by atoms with Crippen molar-refractivity contribution in [2.45, 2.75) is 19.8 Å². The standard InChI is InChI=1S/C15H19BrN2O3.ClH/c1-2-21-15(20)10-5-7-18(8-6-10)14(19)12-4-3-11(16)9-13(12)17;/h3-4,9-10H,2,5-8,17H2,1H3;1H. The third-order valence-corrected chi connectivity index (χ3v) is 4.14. The van der Waals surface area contributed by atoms with E-state index in [2.05, 4.69) is 15.9 Å². The second-order valence-corrected chi connectivity index (χ2v) is 5.97. The second kappa shape index (κ2) is 8.39. The summed E-state index contributed by atoms with van der Waals surface area (Å²) in [7, 11) is 0. The topological polar surface area (TPSA) is 72.6 Å². The van der Waals surface area contributed by atoms with Crippen molar-refractivity contribution >= 4 is 45.9 Å². The minimum Gasteiger partial charge on any atom is -0.466 e. The lowest BCUT2D eigenvalue weighted by atomic mass is 9.96. The largest absolute Gasteiger partial charge is 0.466 e. The number of carbonyl (C=O) groups excluding carboxylic acids is 2. The van der Waals surface area contributed by atoms with Crippen molar-refractivity contribution in [2.75, 3.05) is 25.4 Å². The molecule has 1 aliphatic heterocycles. The number of piperidine rings is 1. The first-order chi connectivity index (χ1) is 10.0.